The number of benzene rings is 4. The SMILES string of the molecule is Cc1cc2nc(-c3cccc(-c4cnn(Cc5ccccc5)c4)c3)sc2c(-c2ccc(Cl)cc2)c1CC(=O)OCC(C)(C)O. The lowest BCUT2D eigenvalue weighted by atomic mass is 9.93. The number of halogens is 1. The number of hydrogen-bond donors (Lipinski definition) is 1. The Labute approximate surface area is 265 Å². The van der Waals surface area contributed by atoms with E-state index in [-0.39, 0.29) is 13.0 Å². The number of aryl methyl sites for hydroxylation is 1. The molecule has 44 heavy (non-hydrogen) atoms. The number of carbonyl (C=O) groups is 1. The number of thiazole rings is 1. The number of ether oxygens (including phenoxy) is 1. The van der Waals surface area contributed by atoms with E-state index >= 15 is 0 Å². The third-order valence-electron chi connectivity index (χ3n) is 7.32. The Morgan fingerprint density at radius 1 is 0.955 bits per heavy atom. The fraction of sp³-hybridized carbons (Fsp3) is 0.194. The largest absolute Gasteiger partial charge is 0.462 e. The average Bonchev–Trinajstić information content (AvgIpc) is 3.65. The first-order valence-electron chi connectivity index (χ1n) is 14.4. The maximum absolute atomic E-state index is 12.9. The van der Waals surface area contributed by atoms with Crippen LogP contribution < -0.4 is 0 Å². The molecule has 0 unspecified atom stereocenters. The van der Waals surface area contributed by atoms with Crippen LogP contribution in [0, 0.1) is 6.92 Å². The van der Waals surface area contributed by atoms with Crippen molar-refractivity contribution in [3.8, 4) is 32.8 Å². The third-order valence-corrected chi connectivity index (χ3v) is 8.71. The molecule has 0 saturated carbocycles. The summed E-state index contributed by atoms with van der Waals surface area (Å²) >= 11 is 7.83. The zero-order chi connectivity index (χ0) is 30.8. The predicted molar refractivity (Wildman–Crippen MR) is 178 cm³/mol. The van der Waals surface area contributed by atoms with Crippen LogP contribution in [0.15, 0.2) is 97.3 Å². The molecule has 6 aromatic rings. The molecule has 6 nitrogen and oxygen atoms in total. The molecule has 2 heterocycles. The summed E-state index contributed by atoms with van der Waals surface area (Å²) in [7, 11) is 0. The van der Waals surface area contributed by atoms with Crippen molar-refractivity contribution in [2.45, 2.75) is 39.3 Å². The highest BCUT2D eigenvalue weighted by Crippen LogP contribution is 2.41. The van der Waals surface area contributed by atoms with Crippen molar-refractivity contribution >= 4 is 39.1 Å². The van der Waals surface area contributed by atoms with Gasteiger partial charge in [-0.3, -0.25) is 9.48 Å². The zero-order valence-electron chi connectivity index (χ0n) is 24.8. The zero-order valence-corrected chi connectivity index (χ0v) is 26.3. The molecule has 6 rings (SSSR count). The van der Waals surface area contributed by atoms with Gasteiger partial charge in [-0.15, -0.1) is 11.3 Å². The fourth-order valence-electron chi connectivity index (χ4n) is 5.16. The van der Waals surface area contributed by atoms with Crippen LogP contribution >= 0.6 is 22.9 Å². The van der Waals surface area contributed by atoms with Gasteiger partial charge >= 0.3 is 5.97 Å². The minimum atomic E-state index is -1.10. The summed E-state index contributed by atoms with van der Waals surface area (Å²) in [6.07, 6.45) is 4.03. The van der Waals surface area contributed by atoms with E-state index in [0.29, 0.717) is 11.6 Å². The van der Waals surface area contributed by atoms with E-state index in [4.69, 9.17) is 21.3 Å². The first-order chi connectivity index (χ1) is 21.1. The summed E-state index contributed by atoms with van der Waals surface area (Å²) in [5, 5.41) is 16.2. The van der Waals surface area contributed by atoms with Gasteiger partial charge in [0, 0.05) is 27.9 Å². The third kappa shape index (κ3) is 6.76. The maximum atomic E-state index is 12.9. The lowest BCUT2D eigenvalue weighted by molar-refractivity contribution is -0.149. The highest BCUT2D eigenvalue weighted by atomic mass is 35.5. The second-order valence-electron chi connectivity index (χ2n) is 11.6. The highest BCUT2D eigenvalue weighted by Gasteiger charge is 2.22. The van der Waals surface area contributed by atoms with E-state index in [1.807, 2.05) is 72.4 Å². The van der Waals surface area contributed by atoms with Crippen molar-refractivity contribution in [1.82, 2.24) is 14.8 Å². The van der Waals surface area contributed by atoms with Crippen LogP contribution in [-0.2, 0) is 22.5 Å². The summed E-state index contributed by atoms with van der Waals surface area (Å²) in [5.74, 6) is -0.393. The number of fused-ring (bicyclic) bond motifs is 1. The van der Waals surface area contributed by atoms with Gasteiger partial charge in [-0.25, -0.2) is 4.98 Å². The summed E-state index contributed by atoms with van der Waals surface area (Å²) in [6.45, 7) is 5.85. The molecule has 0 aliphatic carbocycles. The molecule has 0 radical (unpaired) electrons. The second kappa shape index (κ2) is 12.4. The second-order valence-corrected chi connectivity index (χ2v) is 13.0. The van der Waals surface area contributed by atoms with E-state index in [2.05, 4.69) is 41.6 Å². The monoisotopic (exact) mass is 621 g/mol. The van der Waals surface area contributed by atoms with E-state index < -0.39 is 11.6 Å². The predicted octanol–water partition coefficient (Wildman–Crippen LogP) is 8.36. The topological polar surface area (TPSA) is 77.2 Å². The number of rotatable bonds is 9. The molecule has 0 amide bonds. The van der Waals surface area contributed by atoms with Gasteiger partial charge in [-0.05, 0) is 72.9 Å². The Morgan fingerprint density at radius 2 is 1.70 bits per heavy atom. The number of esters is 1. The Balaban J connectivity index is 1.37. The minimum Gasteiger partial charge on any atom is -0.462 e. The summed E-state index contributed by atoms with van der Waals surface area (Å²) < 4.78 is 8.36. The van der Waals surface area contributed by atoms with Gasteiger partial charge in [0.2, 0.25) is 0 Å². The molecule has 0 fully saturated rings. The molecule has 222 valence electrons. The van der Waals surface area contributed by atoms with Gasteiger partial charge in [0.15, 0.2) is 0 Å². The van der Waals surface area contributed by atoms with Crippen LogP contribution in [0.2, 0.25) is 5.02 Å². The van der Waals surface area contributed by atoms with Crippen molar-refractivity contribution in [2.75, 3.05) is 6.61 Å². The molecule has 4 aromatic carbocycles. The van der Waals surface area contributed by atoms with Gasteiger partial charge in [0.1, 0.15) is 11.6 Å². The first kappa shape index (κ1) is 29.8. The minimum absolute atomic E-state index is 0.0738. The molecular formula is C36H32ClN3O3S. The molecular weight excluding hydrogens is 590 g/mol. The van der Waals surface area contributed by atoms with Crippen LogP contribution in [0.4, 0.5) is 0 Å². The van der Waals surface area contributed by atoms with E-state index in [1.54, 1.807) is 25.2 Å². The Morgan fingerprint density at radius 3 is 2.45 bits per heavy atom. The van der Waals surface area contributed by atoms with E-state index in [1.165, 1.54) is 5.56 Å². The number of nitrogens with zero attached hydrogens (tertiary/aromatic N) is 3. The van der Waals surface area contributed by atoms with Crippen molar-refractivity contribution in [3.05, 3.63) is 119 Å². The van der Waals surface area contributed by atoms with Crippen molar-refractivity contribution in [3.63, 3.8) is 0 Å². The first-order valence-corrected chi connectivity index (χ1v) is 15.6. The van der Waals surface area contributed by atoms with E-state index in [9.17, 15) is 9.90 Å². The quantitative estimate of drug-likeness (QED) is 0.164. The van der Waals surface area contributed by atoms with Crippen LogP contribution in [-0.4, -0.2) is 38.0 Å². The molecule has 0 spiro atoms. The van der Waals surface area contributed by atoms with Crippen LogP contribution in [0.25, 0.3) is 43.0 Å². The standard InChI is InChI=1S/C36H32ClN3O3S/c1-23-16-31-34(33(25-12-14-29(37)15-13-25)30(23)18-32(41)43-22-36(2,3)42)44-35(39-31)27-11-7-10-26(17-27)28-19-38-40(21-28)20-24-8-5-4-6-9-24/h4-17,19,21,42H,18,20,22H2,1-3H3. The summed E-state index contributed by atoms with van der Waals surface area (Å²) in [4.78, 5) is 18.0. The molecule has 8 heteroatoms. The smallest absolute Gasteiger partial charge is 0.310 e. The van der Waals surface area contributed by atoms with Gasteiger partial charge in [-0.1, -0.05) is 72.3 Å². The van der Waals surface area contributed by atoms with Gasteiger partial charge in [-0.2, -0.15) is 5.10 Å². The molecule has 0 aliphatic rings. The molecule has 0 saturated heterocycles. The summed E-state index contributed by atoms with van der Waals surface area (Å²) in [5.41, 5.74) is 7.76. The summed E-state index contributed by atoms with van der Waals surface area (Å²) in [6, 6.07) is 28.3. The number of carbonyl (C=O) groups excluding carboxylic acids is 1. The van der Waals surface area contributed by atoms with Crippen molar-refractivity contribution in [2.24, 2.45) is 0 Å². The Bertz CT molecular complexity index is 1940. The molecule has 0 atom stereocenters. The lowest BCUT2D eigenvalue weighted by Gasteiger charge is -2.18. The number of hydrogen-bond acceptors (Lipinski definition) is 6. The number of aromatic nitrogens is 3. The normalized spacial score (nSPS) is 11.7. The molecule has 2 aromatic heterocycles. The average molecular weight is 622 g/mol. The molecule has 0 bridgehead atoms. The van der Waals surface area contributed by atoms with Crippen molar-refractivity contribution in [1.29, 1.82) is 0 Å². The van der Waals surface area contributed by atoms with Gasteiger partial charge in [0.25, 0.3) is 0 Å². The van der Waals surface area contributed by atoms with E-state index in [0.717, 1.165) is 54.2 Å². The fourth-order valence-corrected chi connectivity index (χ4v) is 6.42. The van der Waals surface area contributed by atoms with Crippen LogP contribution in [0.5, 0.6) is 0 Å². The van der Waals surface area contributed by atoms with Gasteiger partial charge in [0.05, 0.1) is 35.0 Å². The van der Waals surface area contributed by atoms with Crippen molar-refractivity contribution < 1.29 is 14.6 Å². The molecule has 1 N–H and O–H groups in total. The van der Waals surface area contributed by atoms with Gasteiger partial charge < -0.3 is 9.84 Å². The van der Waals surface area contributed by atoms with Crippen LogP contribution in [0.3, 0.4) is 0 Å². The Hall–Kier alpha value is -4.30. The van der Waals surface area contributed by atoms with Crippen LogP contribution in [0.1, 0.15) is 30.5 Å². The lowest BCUT2D eigenvalue weighted by Crippen LogP contribution is -2.28. The number of aliphatic hydroxyl groups is 1. The molecule has 0 aliphatic heterocycles. The maximum Gasteiger partial charge on any atom is 0.310 e. The Kier molecular flexibility index (Phi) is 8.36. The highest BCUT2D eigenvalue weighted by molar-refractivity contribution is 7.22.